The predicted molar refractivity (Wildman–Crippen MR) is 97.9 cm³/mol. The van der Waals surface area contributed by atoms with Crippen molar-refractivity contribution >= 4 is 22.8 Å². The first-order valence-electron chi connectivity index (χ1n) is 7.85. The predicted octanol–water partition coefficient (Wildman–Crippen LogP) is 4.61. The largest absolute Gasteiger partial charge is 0.496 e. The molecule has 0 bridgehead atoms. The number of aliphatic imine (C=N–C) groups is 1. The minimum atomic E-state index is -0.585. The van der Waals surface area contributed by atoms with Crippen LogP contribution in [0.15, 0.2) is 53.5 Å². The maximum absolute atomic E-state index is 11.6. The zero-order valence-electron chi connectivity index (χ0n) is 14.3. The van der Waals surface area contributed by atoms with Crippen LogP contribution in [0, 0.1) is 13.8 Å². The number of amides is 1. The molecular formula is C21H17NO3. The minimum absolute atomic E-state index is 0.365. The molecule has 3 rings (SSSR count). The lowest BCUT2D eigenvalue weighted by molar-refractivity contribution is 0.100. The SMILES string of the molecule is COc1cc(C)c2cc(-c3ccc(C(=O)N=C=O)cc3)ccc2c1C. The van der Waals surface area contributed by atoms with Crippen molar-refractivity contribution < 1.29 is 14.3 Å². The first-order valence-corrected chi connectivity index (χ1v) is 7.85. The molecule has 0 aromatic heterocycles. The Labute approximate surface area is 145 Å². The highest BCUT2D eigenvalue weighted by molar-refractivity contribution is 5.98. The third kappa shape index (κ3) is 3.08. The zero-order chi connectivity index (χ0) is 18.0. The van der Waals surface area contributed by atoms with Gasteiger partial charge in [-0.15, -0.1) is 4.99 Å². The molecule has 0 N–H and O–H groups in total. The summed E-state index contributed by atoms with van der Waals surface area (Å²) in [6, 6.07) is 15.3. The van der Waals surface area contributed by atoms with Crippen molar-refractivity contribution in [3.05, 3.63) is 65.2 Å². The highest BCUT2D eigenvalue weighted by atomic mass is 16.5. The van der Waals surface area contributed by atoms with Crippen LogP contribution < -0.4 is 4.74 Å². The summed E-state index contributed by atoms with van der Waals surface area (Å²) in [5.74, 6) is 0.301. The molecule has 124 valence electrons. The van der Waals surface area contributed by atoms with Crippen molar-refractivity contribution in [3.63, 3.8) is 0 Å². The van der Waals surface area contributed by atoms with E-state index >= 15 is 0 Å². The second-order valence-corrected chi connectivity index (χ2v) is 5.87. The summed E-state index contributed by atoms with van der Waals surface area (Å²) in [6.45, 7) is 4.11. The van der Waals surface area contributed by atoms with Gasteiger partial charge in [0, 0.05) is 5.56 Å². The summed E-state index contributed by atoms with van der Waals surface area (Å²) >= 11 is 0. The highest BCUT2D eigenvalue weighted by Gasteiger charge is 2.09. The fourth-order valence-corrected chi connectivity index (χ4v) is 3.02. The van der Waals surface area contributed by atoms with E-state index < -0.39 is 5.91 Å². The van der Waals surface area contributed by atoms with Gasteiger partial charge in [-0.05, 0) is 71.1 Å². The van der Waals surface area contributed by atoms with Gasteiger partial charge in [-0.2, -0.15) is 0 Å². The van der Waals surface area contributed by atoms with Gasteiger partial charge in [-0.3, -0.25) is 4.79 Å². The molecule has 4 heteroatoms. The second-order valence-electron chi connectivity index (χ2n) is 5.87. The van der Waals surface area contributed by atoms with Crippen molar-refractivity contribution in [3.8, 4) is 16.9 Å². The molecule has 4 nitrogen and oxygen atoms in total. The van der Waals surface area contributed by atoms with Gasteiger partial charge in [0.15, 0.2) is 0 Å². The maximum atomic E-state index is 11.6. The maximum Gasteiger partial charge on any atom is 0.287 e. The number of carbonyl (C=O) groups is 1. The number of methoxy groups -OCH3 is 1. The summed E-state index contributed by atoms with van der Waals surface area (Å²) in [7, 11) is 1.68. The Balaban J connectivity index is 2.06. The molecule has 0 aliphatic carbocycles. The van der Waals surface area contributed by atoms with E-state index in [-0.39, 0.29) is 0 Å². The van der Waals surface area contributed by atoms with E-state index in [1.165, 1.54) is 11.5 Å². The molecule has 0 spiro atoms. The number of carbonyl (C=O) groups excluding carboxylic acids is 2. The monoisotopic (exact) mass is 331 g/mol. The van der Waals surface area contributed by atoms with Crippen molar-refractivity contribution in [2.45, 2.75) is 13.8 Å². The standard InChI is InChI=1S/C21H17NO3/c1-13-10-20(25-3)14(2)18-9-8-17(11-19(13)18)15-4-6-16(7-5-15)21(24)22-12-23/h4-11H,1-3H3. The minimum Gasteiger partial charge on any atom is -0.496 e. The van der Waals surface area contributed by atoms with Crippen molar-refractivity contribution in [2.24, 2.45) is 4.99 Å². The lowest BCUT2D eigenvalue weighted by Gasteiger charge is -2.13. The smallest absolute Gasteiger partial charge is 0.287 e. The molecule has 1 amide bonds. The highest BCUT2D eigenvalue weighted by Crippen LogP contribution is 2.33. The van der Waals surface area contributed by atoms with E-state index in [0.29, 0.717) is 5.56 Å². The molecule has 0 saturated carbocycles. The second kappa shape index (κ2) is 6.71. The summed E-state index contributed by atoms with van der Waals surface area (Å²) in [5, 5.41) is 2.33. The zero-order valence-corrected chi connectivity index (χ0v) is 14.3. The van der Waals surface area contributed by atoms with Crippen LogP contribution in [-0.2, 0) is 4.79 Å². The van der Waals surface area contributed by atoms with Crippen LogP contribution in [0.5, 0.6) is 5.75 Å². The molecule has 0 atom stereocenters. The van der Waals surface area contributed by atoms with E-state index in [1.54, 1.807) is 19.2 Å². The van der Waals surface area contributed by atoms with Gasteiger partial charge in [-0.1, -0.05) is 24.3 Å². The lowest BCUT2D eigenvalue weighted by Crippen LogP contribution is -1.94. The van der Waals surface area contributed by atoms with Crippen molar-refractivity contribution in [1.29, 1.82) is 0 Å². The number of nitrogens with zero attached hydrogens (tertiary/aromatic N) is 1. The molecule has 0 aliphatic rings. The van der Waals surface area contributed by atoms with E-state index in [0.717, 1.165) is 33.4 Å². The van der Waals surface area contributed by atoms with Crippen LogP contribution in [0.2, 0.25) is 0 Å². The fraction of sp³-hybridized carbons (Fsp3) is 0.143. The van der Waals surface area contributed by atoms with Gasteiger partial charge < -0.3 is 4.74 Å². The van der Waals surface area contributed by atoms with E-state index in [9.17, 15) is 9.59 Å². The summed E-state index contributed by atoms with van der Waals surface area (Å²) in [6.07, 6.45) is 1.27. The van der Waals surface area contributed by atoms with Gasteiger partial charge in [0.25, 0.3) is 5.91 Å². The Morgan fingerprint density at radius 1 is 0.960 bits per heavy atom. The molecule has 0 radical (unpaired) electrons. The number of isocyanates is 1. The van der Waals surface area contributed by atoms with Crippen molar-refractivity contribution in [2.75, 3.05) is 7.11 Å². The number of hydrogen-bond acceptors (Lipinski definition) is 3. The van der Waals surface area contributed by atoms with Gasteiger partial charge in [0.2, 0.25) is 6.08 Å². The molecule has 25 heavy (non-hydrogen) atoms. The van der Waals surface area contributed by atoms with Crippen LogP contribution in [0.4, 0.5) is 0 Å². The first kappa shape index (κ1) is 16.6. The average Bonchev–Trinajstić information content (AvgIpc) is 2.64. The summed E-state index contributed by atoms with van der Waals surface area (Å²) < 4.78 is 5.44. The van der Waals surface area contributed by atoms with Gasteiger partial charge in [0.1, 0.15) is 5.75 Å². The molecule has 3 aromatic carbocycles. The number of benzene rings is 3. The molecule has 0 heterocycles. The molecule has 0 saturated heterocycles. The number of aryl methyl sites for hydroxylation is 2. The van der Waals surface area contributed by atoms with Gasteiger partial charge in [0.05, 0.1) is 7.11 Å². The van der Waals surface area contributed by atoms with E-state index in [2.05, 4.69) is 30.1 Å². The number of hydrogen-bond donors (Lipinski definition) is 0. The molecule has 0 aliphatic heterocycles. The van der Waals surface area contributed by atoms with Crippen LogP contribution in [0.1, 0.15) is 21.5 Å². The Morgan fingerprint density at radius 2 is 1.64 bits per heavy atom. The van der Waals surface area contributed by atoms with Crippen LogP contribution in [0.25, 0.3) is 21.9 Å². The van der Waals surface area contributed by atoms with E-state index in [4.69, 9.17) is 4.74 Å². The summed E-state index contributed by atoms with van der Waals surface area (Å²) in [4.78, 5) is 24.9. The van der Waals surface area contributed by atoms with Crippen LogP contribution in [-0.4, -0.2) is 19.1 Å². The normalized spacial score (nSPS) is 10.4. The Morgan fingerprint density at radius 3 is 2.28 bits per heavy atom. The lowest BCUT2D eigenvalue weighted by atomic mass is 9.95. The number of rotatable bonds is 3. The Bertz CT molecular complexity index is 1010. The first-order chi connectivity index (χ1) is 12.0. The third-order valence-corrected chi connectivity index (χ3v) is 4.40. The molecule has 3 aromatic rings. The van der Waals surface area contributed by atoms with Crippen LogP contribution in [0.3, 0.4) is 0 Å². The third-order valence-electron chi connectivity index (χ3n) is 4.40. The Hall–Kier alpha value is -3.23. The van der Waals surface area contributed by atoms with Crippen LogP contribution >= 0.6 is 0 Å². The topological polar surface area (TPSA) is 55.7 Å². The average molecular weight is 331 g/mol. The quantitative estimate of drug-likeness (QED) is 0.520. The number of fused-ring (bicyclic) bond motifs is 1. The van der Waals surface area contributed by atoms with Gasteiger partial charge in [-0.25, -0.2) is 4.79 Å². The molecule has 0 unspecified atom stereocenters. The van der Waals surface area contributed by atoms with Crippen molar-refractivity contribution in [1.82, 2.24) is 0 Å². The Kier molecular flexibility index (Phi) is 4.46. The molecular weight excluding hydrogens is 314 g/mol. The summed E-state index contributed by atoms with van der Waals surface area (Å²) in [5.41, 5.74) is 4.66. The fourth-order valence-electron chi connectivity index (χ4n) is 3.02. The molecule has 0 fully saturated rings. The van der Waals surface area contributed by atoms with E-state index in [1.807, 2.05) is 25.1 Å². The number of ether oxygens (including phenoxy) is 1. The van der Waals surface area contributed by atoms with Gasteiger partial charge >= 0.3 is 0 Å².